The van der Waals surface area contributed by atoms with Crippen molar-refractivity contribution in [1.29, 1.82) is 0 Å². The van der Waals surface area contributed by atoms with E-state index in [1.165, 1.54) is 12.8 Å². The van der Waals surface area contributed by atoms with E-state index in [-0.39, 0.29) is 0 Å². The fraction of sp³-hybridized carbons (Fsp3) is 0.389. The molecule has 0 radical (unpaired) electrons. The predicted octanol–water partition coefficient (Wildman–Crippen LogP) is 2.61. The molecular weight excluding hydrogens is 318 g/mol. The van der Waals surface area contributed by atoms with E-state index in [1.807, 2.05) is 47.4 Å². The molecule has 1 unspecified atom stereocenters. The predicted molar refractivity (Wildman–Crippen MR) is 91.9 cm³/mol. The van der Waals surface area contributed by atoms with Gasteiger partial charge in [0.15, 0.2) is 0 Å². The van der Waals surface area contributed by atoms with Crippen LogP contribution in [0.3, 0.4) is 0 Å². The molecule has 2 aromatic heterocycles. The lowest BCUT2D eigenvalue weighted by atomic mass is 10.2. The van der Waals surface area contributed by atoms with Gasteiger partial charge in [-0.1, -0.05) is 5.16 Å². The molecule has 130 valence electrons. The topological polar surface area (TPSA) is 69.2 Å². The normalized spacial score (nSPS) is 17.9. The number of aromatic nitrogens is 4. The minimum absolute atomic E-state index is 0.455. The van der Waals surface area contributed by atoms with Crippen LogP contribution in [-0.4, -0.2) is 44.5 Å². The summed E-state index contributed by atoms with van der Waals surface area (Å²) in [5, 5.41) is 8.42. The minimum atomic E-state index is 0.455. The molecule has 3 aromatic rings. The van der Waals surface area contributed by atoms with Crippen molar-refractivity contribution < 1.29 is 9.26 Å². The molecule has 0 N–H and O–H groups in total. The van der Waals surface area contributed by atoms with Crippen LogP contribution in [-0.2, 0) is 13.1 Å². The first kappa shape index (κ1) is 15.8. The molecular formula is C18H21N5O2. The Morgan fingerprint density at radius 3 is 2.92 bits per heavy atom. The molecule has 0 amide bonds. The van der Waals surface area contributed by atoms with Gasteiger partial charge in [0.05, 0.1) is 20.2 Å². The highest BCUT2D eigenvalue weighted by molar-refractivity contribution is 5.55. The maximum Gasteiger partial charge on any atom is 0.241 e. The number of likely N-dealkylation sites (tertiary alicyclic amines) is 1. The second-order valence-electron chi connectivity index (χ2n) is 6.23. The zero-order chi connectivity index (χ0) is 17.1. The molecule has 1 aliphatic rings. The fourth-order valence-corrected chi connectivity index (χ4v) is 3.28. The Morgan fingerprint density at radius 2 is 2.16 bits per heavy atom. The van der Waals surface area contributed by atoms with Crippen molar-refractivity contribution in [2.45, 2.75) is 32.0 Å². The molecule has 1 fully saturated rings. The van der Waals surface area contributed by atoms with Crippen LogP contribution in [0, 0.1) is 0 Å². The molecule has 7 nitrogen and oxygen atoms in total. The van der Waals surface area contributed by atoms with Crippen LogP contribution in [0.25, 0.3) is 11.4 Å². The highest BCUT2D eigenvalue weighted by Crippen LogP contribution is 2.23. The summed E-state index contributed by atoms with van der Waals surface area (Å²) in [6.07, 6.45) is 6.17. The van der Waals surface area contributed by atoms with Crippen LogP contribution in [0.15, 0.2) is 47.2 Å². The first-order valence-electron chi connectivity index (χ1n) is 8.50. The van der Waals surface area contributed by atoms with Gasteiger partial charge in [-0.05, 0) is 49.7 Å². The second-order valence-corrected chi connectivity index (χ2v) is 6.23. The Bertz CT molecular complexity index is 797. The summed E-state index contributed by atoms with van der Waals surface area (Å²) >= 11 is 0. The van der Waals surface area contributed by atoms with Gasteiger partial charge in [0.2, 0.25) is 11.7 Å². The molecule has 3 heterocycles. The third-order valence-electron chi connectivity index (χ3n) is 4.61. The van der Waals surface area contributed by atoms with Crippen LogP contribution in [0.4, 0.5) is 0 Å². The number of nitrogens with zero attached hydrogens (tertiary/aromatic N) is 5. The van der Waals surface area contributed by atoms with Crippen LogP contribution in [0.5, 0.6) is 5.75 Å². The molecule has 0 saturated carbocycles. The van der Waals surface area contributed by atoms with Gasteiger partial charge < -0.3 is 9.26 Å². The molecule has 7 heteroatoms. The van der Waals surface area contributed by atoms with Crippen molar-refractivity contribution in [3.05, 3.63) is 48.6 Å². The van der Waals surface area contributed by atoms with E-state index in [0.717, 1.165) is 24.4 Å². The van der Waals surface area contributed by atoms with Crippen LogP contribution in [0.1, 0.15) is 18.7 Å². The molecule has 4 rings (SSSR count). The Balaban J connectivity index is 1.43. The zero-order valence-corrected chi connectivity index (χ0v) is 14.2. The van der Waals surface area contributed by atoms with Gasteiger partial charge in [0.25, 0.3) is 0 Å². The van der Waals surface area contributed by atoms with Crippen molar-refractivity contribution in [3.8, 4) is 17.1 Å². The van der Waals surface area contributed by atoms with Crippen molar-refractivity contribution in [1.82, 2.24) is 24.8 Å². The van der Waals surface area contributed by atoms with Crippen LogP contribution < -0.4 is 4.74 Å². The average Bonchev–Trinajstić information content (AvgIpc) is 3.39. The lowest BCUT2D eigenvalue weighted by Crippen LogP contribution is -2.32. The summed E-state index contributed by atoms with van der Waals surface area (Å²) in [5.74, 6) is 2.07. The summed E-state index contributed by atoms with van der Waals surface area (Å²) < 4.78 is 12.6. The van der Waals surface area contributed by atoms with Gasteiger partial charge in [-0.15, -0.1) is 0 Å². The van der Waals surface area contributed by atoms with E-state index in [9.17, 15) is 0 Å². The van der Waals surface area contributed by atoms with Crippen molar-refractivity contribution in [2.24, 2.45) is 0 Å². The number of hydrogen-bond donors (Lipinski definition) is 0. The van der Waals surface area contributed by atoms with Crippen molar-refractivity contribution >= 4 is 0 Å². The van der Waals surface area contributed by atoms with Gasteiger partial charge in [-0.3, -0.25) is 9.58 Å². The summed E-state index contributed by atoms with van der Waals surface area (Å²) in [6.45, 7) is 2.62. The second kappa shape index (κ2) is 7.06. The van der Waals surface area contributed by atoms with Gasteiger partial charge in [-0.25, -0.2) is 0 Å². The van der Waals surface area contributed by atoms with E-state index < -0.39 is 0 Å². The Kier molecular flexibility index (Phi) is 4.47. The summed E-state index contributed by atoms with van der Waals surface area (Å²) in [5.41, 5.74) is 0.922. The largest absolute Gasteiger partial charge is 0.497 e. The first-order valence-corrected chi connectivity index (χ1v) is 8.50. The van der Waals surface area contributed by atoms with Gasteiger partial charge >= 0.3 is 0 Å². The first-order chi connectivity index (χ1) is 12.3. The minimum Gasteiger partial charge on any atom is -0.497 e. The van der Waals surface area contributed by atoms with Crippen molar-refractivity contribution in [3.63, 3.8) is 0 Å². The molecule has 0 aliphatic carbocycles. The lowest BCUT2D eigenvalue weighted by molar-refractivity contribution is 0.192. The number of benzene rings is 1. The monoisotopic (exact) mass is 339 g/mol. The SMILES string of the molecule is COc1ccc(-c2noc(CN3CCCC3Cn3cccn3)n2)cc1. The zero-order valence-electron chi connectivity index (χ0n) is 14.2. The highest BCUT2D eigenvalue weighted by atomic mass is 16.5. The average molecular weight is 339 g/mol. The standard InChI is InChI=1S/C18H21N5O2/c1-24-16-7-5-14(6-8-16)18-20-17(25-21-18)13-22-10-2-4-15(22)12-23-11-3-9-19-23/h3,5-9,11,15H,2,4,10,12-13H2,1H3. The van der Waals surface area contributed by atoms with E-state index >= 15 is 0 Å². The number of hydrogen-bond acceptors (Lipinski definition) is 6. The number of rotatable bonds is 6. The smallest absolute Gasteiger partial charge is 0.241 e. The van der Waals surface area contributed by atoms with E-state index in [2.05, 4.69) is 20.1 Å². The lowest BCUT2D eigenvalue weighted by Gasteiger charge is -2.22. The van der Waals surface area contributed by atoms with E-state index in [0.29, 0.717) is 24.3 Å². The summed E-state index contributed by atoms with van der Waals surface area (Å²) in [6, 6.07) is 10.1. The quantitative estimate of drug-likeness (QED) is 0.687. The number of methoxy groups -OCH3 is 1. The summed E-state index contributed by atoms with van der Waals surface area (Å²) in [7, 11) is 1.65. The van der Waals surface area contributed by atoms with Crippen LogP contribution in [0.2, 0.25) is 0 Å². The number of ether oxygens (including phenoxy) is 1. The van der Waals surface area contributed by atoms with E-state index in [1.54, 1.807) is 7.11 Å². The Labute approximate surface area is 146 Å². The van der Waals surface area contributed by atoms with Gasteiger partial charge in [0.1, 0.15) is 5.75 Å². The third kappa shape index (κ3) is 3.56. The molecule has 1 atom stereocenters. The summed E-state index contributed by atoms with van der Waals surface area (Å²) in [4.78, 5) is 6.94. The fourth-order valence-electron chi connectivity index (χ4n) is 3.28. The third-order valence-corrected chi connectivity index (χ3v) is 4.61. The molecule has 0 bridgehead atoms. The van der Waals surface area contributed by atoms with Crippen molar-refractivity contribution in [2.75, 3.05) is 13.7 Å². The maximum atomic E-state index is 5.46. The molecule has 1 aliphatic heterocycles. The molecule has 1 saturated heterocycles. The van der Waals surface area contributed by atoms with Gasteiger partial charge in [-0.2, -0.15) is 10.1 Å². The molecule has 0 spiro atoms. The molecule has 25 heavy (non-hydrogen) atoms. The van der Waals surface area contributed by atoms with E-state index in [4.69, 9.17) is 9.26 Å². The Morgan fingerprint density at radius 1 is 1.28 bits per heavy atom. The highest BCUT2D eigenvalue weighted by Gasteiger charge is 2.26. The van der Waals surface area contributed by atoms with Crippen LogP contribution >= 0.6 is 0 Å². The van der Waals surface area contributed by atoms with Gasteiger partial charge in [0, 0.05) is 24.0 Å². The molecule has 1 aromatic carbocycles. The Hall–Kier alpha value is -2.67. The maximum absolute atomic E-state index is 5.46.